The van der Waals surface area contributed by atoms with E-state index in [0.29, 0.717) is 17.8 Å². The summed E-state index contributed by atoms with van der Waals surface area (Å²) >= 11 is 0. The van der Waals surface area contributed by atoms with Crippen molar-refractivity contribution in [3.05, 3.63) is 35.9 Å². The molecule has 1 aromatic carbocycles. The molecule has 1 aromatic rings. The number of carbonyl (C=O) groups excluding carboxylic acids is 1. The van der Waals surface area contributed by atoms with Gasteiger partial charge in [-0.15, -0.1) is 0 Å². The minimum Gasteiger partial charge on any atom is -0.404 e. The van der Waals surface area contributed by atoms with Crippen LogP contribution in [0.4, 0.5) is 0 Å². The van der Waals surface area contributed by atoms with Gasteiger partial charge in [-0.25, -0.2) is 0 Å². The highest BCUT2D eigenvalue weighted by Crippen LogP contribution is 2.64. The van der Waals surface area contributed by atoms with Crippen LogP contribution in [0.2, 0.25) is 0 Å². The van der Waals surface area contributed by atoms with E-state index < -0.39 is 0 Å². The first-order valence-corrected chi connectivity index (χ1v) is 10.00. The summed E-state index contributed by atoms with van der Waals surface area (Å²) in [6.07, 6.45) is 3.65. The summed E-state index contributed by atoms with van der Waals surface area (Å²) in [6, 6.07) is 9.85. The van der Waals surface area contributed by atoms with Crippen LogP contribution in [-0.2, 0) is 20.5 Å². The maximum absolute atomic E-state index is 12.5. The molecule has 3 aliphatic carbocycles. The van der Waals surface area contributed by atoms with Crippen LogP contribution in [0.5, 0.6) is 0 Å². The summed E-state index contributed by atoms with van der Waals surface area (Å²) in [5.74, 6) is 1.21. The molecular formula is C21H30BNO3. The van der Waals surface area contributed by atoms with Crippen molar-refractivity contribution < 1.29 is 14.1 Å². The highest BCUT2D eigenvalue weighted by molar-refractivity contribution is 6.47. The van der Waals surface area contributed by atoms with E-state index in [2.05, 4.69) is 33.0 Å². The minimum atomic E-state index is -0.343. The Bertz CT molecular complexity index is 679. The molecule has 0 aromatic heterocycles. The van der Waals surface area contributed by atoms with Gasteiger partial charge in [-0.1, -0.05) is 51.1 Å². The zero-order valence-corrected chi connectivity index (χ0v) is 16.3. The fraction of sp³-hybridized carbons (Fsp3) is 0.667. The Kier molecular flexibility index (Phi) is 4.43. The van der Waals surface area contributed by atoms with Gasteiger partial charge in [0.25, 0.3) is 0 Å². The number of rotatable bonds is 5. The maximum Gasteiger partial charge on any atom is 0.481 e. The first-order chi connectivity index (χ1) is 12.3. The summed E-state index contributed by atoms with van der Waals surface area (Å²) in [6.45, 7) is 9.00. The Morgan fingerprint density at radius 3 is 2.69 bits per heavy atom. The number of amides is 1. The molecule has 5 rings (SSSR count). The SMILES string of the molecule is CC[C@@H](NC(=O)Cc1ccccc1)B1OC2[C@@H]3C[C@H](C[C@]2(C)O1)C3(C)C. The molecule has 5 heteroatoms. The number of hydrogen-bond donors (Lipinski definition) is 1. The third-order valence-corrected chi connectivity index (χ3v) is 7.15. The molecule has 140 valence electrons. The Morgan fingerprint density at radius 1 is 1.31 bits per heavy atom. The van der Waals surface area contributed by atoms with Gasteiger partial charge in [-0.2, -0.15) is 0 Å². The summed E-state index contributed by atoms with van der Waals surface area (Å²) in [5, 5.41) is 3.14. The molecule has 1 heterocycles. The maximum atomic E-state index is 12.5. The first-order valence-electron chi connectivity index (χ1n) is 10.00. The molecule has 4 nitrogen and oxygen atoms in total. The summed E-state index contributed by atoms with van der Waals surface area (Å²) < 4.78 is 12.8. The van der Waals surface area contributed by atoms with Gasteiger partial charge in [0.1, 0.15) is 0 Å². The van der Waals surface area contributed by atoms with Gasteiger partial charge in [0.15, 0.2) is 0 Å². The van der Waals surface area contributed by atoms with Crippen molar-refractivity contribution in [2.75, 3.05) is 0 Å². The van der Waals surface area contributed by atoms with E-state index in [9.17, 15) is 4.79 Å². The van der Waals surface area contributed by atoms with E-state index in [1.807, 2.05) is 30.3 Å². The average molecular weight is 355 g/mol. The molecule has 4 fully saturated rings. The van der Waals surface area contributed by atoms with E-state index in [4.69, 9.17) is 9.31 Å². The molecule has 2 bridgehead atoms. The van der Waals surface area contributed by atoms with Crippen LogP contribution in [0.15, 0.2) is 30.3 Å². The Balaban J connectivity index is 1.41. The van der Waals surface area contributed by atoms with Crippen LogP contribution in [0, 0.1) is 17.3 Å². The highest BCUT2D eigenvalue weighted by atomic mass is 16.7. The number of nitrogens with one attached hydrogen (secondary N) is 1. The largest absolute Gasteiger partial charge is 0.481 e. The summed E-state index contributed by atoms with van der Waals surface area (Å²) in [5.41, 5.74) is 1.17. The smallest absolute Gasteiger partial charge is 0.404 e. The lowest BCUT2D eigenvalue weighted by atomic mass is 9.45. The van der Waals surface area contributed by atoms with Crippen molar-refractivity contribution in [3.63, 3.8) is 0 Å². The van der Waals surface area contributed by atoms with Gasteiger partial charge >= 0.3 is 7.12 Å². The van der Waals surface area contributed by atoms with Gasteiger partial charge < -0.3 is 14.6 Å². The lowest BCUT2D eigenvalue weighted by molar-refractivity contribution is -0.185. The Labute approximate surface area is 157 Å². The Hall–Kier alpha value is -1.33. The van der Waals surface area contributed by atoms with E-state index in [1.165, 1.54) is 6.42 Å². The van der Waals surface area contributed by atoms with Gasteiger partial charge in [0.05, 0.1) is 24.1 Å². The van der Waals surface area contributed by atoms with Crippen molar-refractivity contribution in [1.29, 1.82) is 0 Å². The standard InChI is InChI=1S/C21H30BNO3/c1-5-17(23-18(24)11-14-9-7-6-8-10-14)22-25-19-16-12-15(20(16,2)3)13-21(19,4)26-22/h6-10,15-17,19H,5,11-13H2,1-4H3,(H,23,24)/t15-,16+,17-,19?,21+/m1/s1. The summed E-state index contributed by atoms with van der Waals surface area (Å²) in [7, 11) is -0.343. The van der Waals surface area contributed by atoms with E-state index in [-0.39, 0.29) is 30.7 Å². The quantitative estimate of drug-likeness (QED) is 0.824. The van der Waals surface area contributed by atoms with Gasteiger partial charge in [0.2, 0.25) is 5.91 Å². The fourth-order valence-electron chi connectivity index (χ4n) is 5.32. The lowest BCUT2D eigenvalue weighted by Gasteiger charge is -2.63. The van der Waals surface area contributed by atoms with Gasteiger partial charge in [-0.05, 0) is 49.0 Å². The monoisotopic (exact) mass is 355 g/mol. The van der Waals surface area contributed by atoms with E-state index >= 15 is 0 Å². The molecule has 4 aliphatic rings. The van der Waals surface area contributed by atoms with Crippen molar-refractivity contribution in [3.8, 4) is 0 Å². The van der Waals surface area contributed by atoms with E-state index in [1.54, 1.807) is 0 Å². The number of benzene rings is 1. The van der Waals surface area contributed by atoms with Crippen LogP contribution in [0.1, 0.15) is 52.5 Å². The van der Waals surface area contributed by atoms with Gasteiger partial charge in [0, 0.05) is 0 Å². The van der Waals surface area contributed by atoms with Crippen molar-refractivity contribution in [1.82, 2.24) is 5.32 Å². The van der Waals surface area contributed by atoms with Crippen LogP contribution in [-0.4, -0.2) is 30.7 Å². The molecule has 5 atom stereocenters. The predicted molar refractivity (Wildman–Crippen MR) is 102 cm³/mol. The second kappa shape index (κ2) is 6.38. The predicted octanol–water partition coefficient (Wildman–Crippen LogP) is 3.39. The van der Waals surface area contributed by atoms with Crippen molar-refractivity contribution in [2.24, 2.45) is 17.3 Å². The lowest BCUT2D eigenvalue weighted by Crippen LogP contribution is -2.63. The number of carbonyl (C=O) groups is 1. The third-order valence-electron chi connectivity index (χ3n) is 7.15. The molecule has 1 unspecified atom stereocenters. The minimum absolute atomic E-state index is 0.0277. The van der Waals surface area contributed by atoms with Crippen LogP contribution >= 0.6 is 0 Å². The molecule has 1 aliphatic heterocycles. The zero-order valence-electron chi connectivity index (χ0n) is 16.3. The van der Waals surface area contributed by atoms with Crippen molar-refractivity contribution >= 4 is 13.0 Å². The second-order valence-corrected chi connectivity index (χ2v) is 9.16. The van der Waals surface area contributed by atoms with Gasteiger partial charge in [-0.3, -0.25) is 4.79 Å². The molecule has 0 radical (unpaired) electrons. The molecule has 1 saturated heterocycles. The van der Waals surface area contributed by atoms with E-state index in [0.717, 1.165) is 24.3 Å². The number of hydrogen-bond acceptors (Lipinski definition) is 3. The molecular weight excluding hydrogens is 325 g/mol. The molecule has 3 saturated carbocycles. The third kappa shape index (κ3) is 2.89. The summed E-state index contributed by atoms with van der Waals surface area (Å²) in [4.78, 5) is 12.5. The fourth-order valence-corrected chi connectivity index (χ4v) is 5.32. The first kappa shape index (κ1) is 18.1. The van der Waals surface area contributed by atoms with Crippen molar-refractivity contribution in [2.45, 2.75) is 71.0 Å². The molecule has 0 spiro atoms. The highest BCUT2D eigenvalue weighted by Gasteiger charge is 2.67. The zero-order chi connectivity index (χ0) is 18.5. The molecule has 1 amide bonds. The normalized spacial score (nSPS) is 35.4. The molecule has 1 N–H and O–H groups in total. The van der Waals surface area contributed by atoms with Crippen LogP contribution < -0.4 is 5.32 Å². The average Bonchev–Trinajstić information content (AvgIpc) is 2.97. The topological polar surface area (TPSA) is 47.6 Å². The van der Waals surface area contributed by atoms with Crippen LogP contribution in [0.3, 0.4) is 0 Å². The van der Waals surface area contributed by atoms with Crippen LogP contribution in [0.25, 0.3) is 0 Å². The molecule has 26 heavy (non-hydrogen) atoms. The Morgan fingerprint density at radius 2 is 2.04 bits per heavy atom. The second-order valence-electron chi connectivity index (χ2n) is 9.16.